The van der Waals surface area contributed by atoms with Crippen LogP contribution in [0.4, 0.5) is 5.69 Å². The van der Waals surface area contributed by atoms with E-state index in [-0.39, 0.29) is 11.4 Å². The maximum atomic E-state index is 11.8. The monoisotopic (exact) mass is 275 g/mol. The minimum Gasteiger partial charge on any atom is -0.508 e. The lowest BCUT2D eigenvalue weighted by atomic mass is 10.2. The largest absolute Gasteiger partial charge is 0.508 e. The van der Waals surface area contributed by atoms with Crippen molar-refractivity contribution in [1.82, 2.24) is 14.5 Å². The number of aryl methyl sites for hydroxylation is 1. The van der Waals surface area contributed by atoms with Crippen molar-refractivity contribution in [2.75, 3.05) is 36.1 Å². The molecule has 2 heterocycles. The van der Waals surface area contributed by atoms with E-state index < -0.39 is 0 Å². The fourth-order valence-electron chi connectivity index (χ4n) is 2.40. The minimum atomic E-state index is -0.122. The molecule has 1 aliphatic rings. The first-order chi connectivity index (χ1) is 9.65. The van der Waals surface area contributed by atoms with Crippen molar-refractivity contribution in [3.63, 3.8) is 0 Å². The van der Waals surface area contributed by atoms with E-state index in [1.165, 1.54) is 4.68 Å². The van der Waals surface area contributed by atoms with Gasteiger partial charge >= 0.3 is 5.69 Å². The van der Waals surface area contributed by atoms with E-state index in [4.69, 9.17) is 0 Å². The smallest absolute Gasteiger partial charge is 0.364 e. The van der Waals surface area contributed by atoms with Crippen molar-refractivity contribution in [3.05, 3.63) is 41.1 Å². The molecule has 20 heavy (non-hydrogen) atoms. The number of piperazine rings is 1. The van der Waals surface area contributed by atoms with Crippen LogP contribution in [-0.4, -0.2) is 45.7 Å². The average Bonchev–Trinajstić information content (AvgIpc) is 2.80. The summed E-state index contributed by atoms with van der Waals surface area (Å²) in [5.74, 6) is 0.272. The summed E-state index contributed by atoms with van der Waals surface area (Å²) in [4.78, 5) is 14.1. The molecule has 1 N–H and O–H groups in total. The van der Waals surface area contributed by atoms with Crippen LogP contribution in [0.3, 0.4) is 0 Å². The highest BCUT2D eigenvalue weighted by Crippen LogP contribution is 2.19. The Labute approximate surface area is 116 Å². The SMILES string of the molecule is Cn1ncn(N2CCN(c3ccc(O)cc3)CC2)c1=O. The number of benzene rings is 1. The van der Waals surface area contributed by atoms with Crippen molar-refractivity contribution in [1.29, 1.82) is 0 Å². The third-order valence-electron chi connectivity index (χ3n) is 3.58. The highest BCUT2D eigenvalue weighted by atomic mass is 16.3. The number of aromatic nitrogens is 3. The molecule has 3 rings (SSSR count). The summed E-state index contributed by atoms with van der Waals surface area (Å²) in [6.45, 7) is 3.16. The Balaban J connectivity index is 1.69. The molecule has 0 amide bonds. The Bertz CT molecular complexity index is 638. The van der Waals surface area contributed by atoms with Gasteiger partial charge in [0.25, 0.3) is 0 Å². The molecule has 0 bridgehead atoms. The van der Waals surface area contributed by atoms with Gasteiger partial charge in [-0.05, 0) is 24.3 Å². The average molecular weight is 275 g/mol. The number of anilines is 1. The second-order valence-corrected chi connectivity index (χ2v) is 4.84. The van der Waals surface area contributed by atoms with Gasteiger partial charge in [-0.25, -0.2) is 9.48 Å². The van der Waals surface area contributed by atoms with Crippen molar-refractivity contribution >= 4 is 5.69 Å². The number of rotatable bonds is 2. The van der Waals surface area contributed by atoms with Crippen LogP contribution in [-0.2, 0) is 7.05 Å². The van der Waals surface area contributed by atoms with E-state index in [0.717, 1.165) is 31.9 Å². The molecule has 0 spiro atoms. The summed E-state index contributed by atoms with van der Waals surface area (Å²) in [6, 6.07) is 7.18. The predicted molar refractivity (Wildman–Crippen MR) is 75.7 cm³/mol. The molecular formula is C13H17N5O2. The van der Waals surface area contributed by atoms with E-state index in [1.54, 1.807) is 30.2 Å². The summed E-state index contributed by atoms with van der Waals surface area (Å²) in [7, 11) is 1.64. The predicted octanol–water partition coefficient (Wildman–Crippen LogP) is -0.254. The Hall–Kier alpha value is -2.44. The Morgan fingerprint density at radius 3 is 2.30 bits per heavy atom. The van der Waals surface area contributed by atoms with E-state index in [9.17, 15) is 9.90 Å². The molecule has 1 aliphatic heterocycles. The molecule has 106 valence electrons. The number of phenols is 1. The van der Waals surface area contributed by atoms with Crippen LogP contribution < -0.4 is 15.6 Å². The van der Waals surface area contributed by atoms with Gasteiger partial charge in [-0.3, -0.25) is 0 Å². The molecule has 7 heteroatoms. The molecule has 0 saturated carbocycles. The summed E-state index contributed by atoms with van der Waals surface area (Å²) in [5.41, 5.74) is 0.962. The summed E-state index contributed by atoms with van der Waals surface area (Å²) < 4.78 is 2.89. The summed E-state index contributed by atoms with van der Waals surface area (Å²) in [6.07, 6.45) is 1.55. The van der Waals surface area contributed by atoms with Crippen molar-refractivity contribution in [2.24, 2.45) is 7.05 Å². The van der Waals surface area contributed by atoms with Crippen LogP contribution in [0.25, 0.3) is 0 Å². The van der Waals surface area contributed by atoms with Gasteiger partial charge in [-0.2, -0.15) is 9.77 Å². The van der Waals surface area contributed by atoms with Crippen LogP contribution in [0.1, 0.15) is 0 Å². The van der Waals surface area contributed by atoms with Crippen LogP contribution in [0.15, 0.2) is 35.4 Å². The number of hydrogen-bond acceptors (Lipinski definition) is 5. The maximum Gasteiger partial charge on any atom is 0.364 e. The molecule has 0 atom stereocenters. The summed E-state index contributed by atoms with van der Waals surface area (Å²) >= 11 is 0. The molecule has 1 fully saturated rings. The molecule has 1 saturated heterocycles. The lowest BCUT2D eigenvalue weighted by Crippen LogP contribution is -2.54. The molecule has 7 nitrogen and oxygen atoms in total. The lowest BCUT2D eigenvalue weighted by Gasteiger charge is -2.36. The van der Waals surface area contributed by atoms with Gasteiger partial charge in [0.2, 0.25) is 0 Å². The third-order valence-corrected chi connectivity index (χ3v) is 3.58. The quantitative estimate of drug-likeness (QED) is 0.818. The Kier molecular flexibility index (Phi) is 3.09. The Morgan fingerprint density at radius 2 is 1.75 bits per heavy atom. The van der Waals surface area contributed by atoms with Gasteiger partial charge in [-0.15, -0.1) is 0 Å². The zero-order valence-corrected chi connectivity index (χ0v) is 11.3. The third kappa shape index (κ3) is 2.22. The zero-order chi connectivity index (χ0) is 14.1. The fourth-order valence-corrected chi connectivity index (χ4v) is 2.40. The van der Waals surface area contributed by atoms with Gasteiger partial charge < -0.3 is 15.0 Å². The van der Waals surface area contributed by atoms with Crippen LogP contribution in [0.2, 0.25) is 0 Å². The number of nitrogens with zero attached hydrogens (tertiary/aromatic N) is 5. The second-order valence-electron chi connectivity index (χ2n) is 4.84. The van der Waals surface area contributed by atoms with E-state index in [0.29, 0.717) is 0 Å². The van der Waals surface area contributed by atoms with Crippen molar-refractivity contribution in [2.45, 2.75) is 0 Å². The zero-order valence-electron chi connectivity index (χ0n) is 11.3. The van der Waals surface area contributed by atoms with Crippen molar-refractivity contribution in [3.8, 4) is 5.75 Å². The molecule has 0 aliphatic carbocycles. The highest BCUT2D eigenvalue weighted by molar-refractivity contribution is 5.49. The number of phenolic OH excluding ortho intramolecular Hbond substituents is 1. The van der Waals surface area contributed by atoms with Crippen LogP contribution in [0.5, 0.6) is 5.75 Å². The molecule has 1 aromatic heterocycles. The normalized spacial score (nSPS) is 15.7. The van der Waals surface area contributed by atoms with E-state index in [2.05, 4.69) is 10.00 Å². The van der Waals surface area contributed by atoms with Crippen LogP contribution >= 0.6 is 0 Å². The van der Waals surface area contributed by atoms with E-state index >= 15 is 0 Å². The van der Waals surface area contributed by atoms with Gasteiger partial charge in [-0.1, -0.05) is 0 Å². The number of hydrogen-bond donors (Lipinski definition) is 1. The summed E-state index contributed by atoms with van der Waals surface area (Å²) in [5, 5.41) is 15.3. The standard InChI is InChI=1S/C13H17N5O2/c1-15-13(20)18(10-14-15)17-8-6-16(7-9-17)11-2-4-12(19)5-3-11/h2-5,10,19H,6-9H2,1H3. The van der Waals surface area contributed by atoms with Gasteiger partial charge in [0.05, 0.1) is 13.1 Å². The van der Waals surface area contributed by atoms with Gasteiger partial charge in [0.1, 0.15) is 12.1 Å². The maximum absolute atomic E-state index is 11.8. The first-order valence-electron chi connectivity index (χ1n) is 6.55. The highest BCUT2D eigenvalue weighted by Gasteiger charge is 2.19. The topological polar surface area (TPSA) is 66.5 Å². The minimum absolute atomic E-state index is 0.122. The number of aromatic hydroxyl groups is 1. The molecule has 0 unspecified atom stereocenters. The van der Waals surface area contributed by atoms with Crippen molar-refractivity contribution < 1.29 is 5.11 Å². The molecular weight excluding hydrogens is 258 g/mol. The lowest BCUT2D eigenvalue weighted by molar-refractivity contribution is 0.475. The Morgan fingerprint density at radius 1 is 1.10 bits per heavy atom. The van der Waals surface area contributed by atoms with Gasteiger partial charge in [0, 0.05) is 25.8 Å². The molecule has 2 aromatic rings. The molecule has 0 radical (unpaired) electrons. The van der Waals surface area contributed by atoms with E-state index in [1.807, 2.05) is 17.1 Å². The van der Waals surface area contributed by atoms with Gasteiger partial charge in [0.15, 0.2) is 0 Å². The molecule has 1 aromatic carbocycles. The first kappa shape index (κ1) is 12.6. The fraction of sp³-hybridized carbons (Fsp3) is 0.385. The first-order valence-corrected chi connectivity index (χ1v) is 6.55. The second kappa shape index (κ2) is 4.92. The van der Waals surface area contributed by atoms with Crippen LogP contribution in [0, 0.1) is 0 Å².